The number of imidazole rings is 1. The van der Waals surface area contributed by atoms with Crippen molar-refractivity contribution in [3.8, 4) is 0 Å². The molecule has 1 amide bonds. The number of nitrogens with one attached hydrogen (secondary N) is 2. The van der Waals surface area contributed by atoms with Crippen molar-refractivity contribution in [2.24, 2.45) is 0 Å². The first-order chi connectivity index (χ1) is 10.5. The molecule has 0 atom stereocenters. The van der Waals surface area contributed by atoms with Gasteiger partial charge in [0.25, 0.3) is 11.6 Å². The molecule has 114 valence electrons. The number of anilines is 1. The third-order valence-electron chi connectivity index (χ3n) is 2.65. The highest BCUT2D eigenvalue weighted by Crippen LogP contribution is 2.18. The van der Waals surface area contributed by atoms with Gasteiger partial charge in [0.1, 0.15) is 0 Å². The van der Waals surface area contributed by atoms with Crippen LogP contribution in [-0.2, 0) is 4.74 Å². The van der Waals surface area contributed by atoms with Crippen molar-refractivity contribution in [2.45, 2.75) is 6.92 Å². The van der Waals surface area contributed by atoms with E-state index in [9.17, 15) is 19.7 Å². The van der Waals surface area contributed by atoms with Crippen LogP contribution >= 0.6 is 0 Å². The van der Waals surface area contributed by atoms with E-state index in [1.54, 1.807) is 6.92 Å². The van der Waals surface area contributed by atoms with Gasteiger partial charge < -0.3 is 15.0 Å². The molecule has 0 aliphatic carbocycles. The summed E-state index contributed by atoms with van der Waals surface area (Å²) < 4.78 is 4.80. The number of hydrogen-bond donors (Lipinski definition) is 2. The average molecular weight is 304 g/mol. The zero-order valence-corrected chi connectivity index (χ0v) is 11.5. The number of nitro benzene ring substituents is 1. The quantitative estimate of drug-likeness (QED) is 0.492. The van der Waals surface area contributed by atoms with E-state index < -0.39 is 16.8 Å². The summed E-state index contributed by atoms with van der Waals surface area (Å²) >= 11 is 0. The lowest BCUT2D eigenvalue weighted by Crippen LogP contribution is -2.18. The highest BCUT2D eigenvalue weighted by molar-refractivity contribution is 6.09. The Hall–Kier alpha value is -3.23. The maximum atomic E-state index is 12.1. The summed E-state index contributed by atoms with van der Waals surface area (Å²) in [4.78, 5) is 40.2. The van der Waals surface area contributed by atoms with Crippen LogP contribution < -0.4 is 5.32 Å². The number of aromatic nitrogens is 2. The van der Waals surface area contributed by atoms with E-state index >= 15 is 0 Å². The molecule has 0 saturated heterocycles. The minimum atomic E-state index is -0.704. The second-order valence-corrected chi connectivity index (χ2v) is 4.11. The van der Waals surface area contributed by atoms with Gasteiger partial charge in [-0.25, -0.2) is 9.78 Å². The van der Waals surface area contributed by atoms with Gasteiger partial charge >= 0.3 is 5.97 Å². The Morgan fingerprint density at radius 1 is 1.45 bits per heavy atom. The number of carbonyl (C=O) groups is 2. The molecule has 2 aromatic rings. The summed E-state index contributed by atoms with van der Waals surface area (Å²) in [6.45, 7) is 1.79. The van der Waals surface area contributed by atoms with Gasteiger partial charge in [-0.2, -0.15) is 0 Å². The van der Waals surface area contributed by atoms with Crippen LogP contribution in [0.3, 0.4) is 0 Å². The van der Waals surface area contributed by atoms with Crippen LogP contribution in [0, 0.1) is 10.1 Å². The molecule has 0 radical (unpaired) electrons. The van der Waals surface area contributed by atoms with E-state index in [1.165, 1.54) is 30.6 Å². The molecule has 0 fully saturated rings. The number of nitrogens with zero attached hydrogens (tertiary/aromatic N) is 2. The molecule has 1 heterocycles. The standard InChI is InChI=1S/C13H12N4O5/c1-2-22-13(19)11-10(14-7-15-11)12(18)16-8-4-3-5-9(6-8)17(20)21/h3-7H,2H2,1H3,(H,14,15)(H,16,18). The van der Waals surface area contributed by atoms with Crippen LogP contribution in [0.5, 0.6) is 0 Å². The molecule has 1 aromatic carbocycles. The number of amides is 1. The second kappa shape index (κ2) is 6.48. The third kappa shape index (κ3) is 3.26. The monoisotopic (exact) mass is 304 g/mol. The zero-order chi connectivity index (χ0) is 16.1. The summed E-state index contributed by atoms with van der Waals surface area (Å²) in [5.74, 6) is -1.38. The summed E-state index contributed by atoms with van der Waals surface area (Å²) in [7, 11) is 0. The van der Waals surface area contributed by atoms with Crippen LogP contribution in [-0.4, -0.2) is 33.4 Å². The molecule has 22 heavy (non-hydrogen) atoms. The predicted molar refractivity (Wildman–Crippen MR) is 75.6 cm³/mol. The molecule has 9 heteroatoms. The van der Waals surface area contributed by atoms with Crippen LogP contribution in [0.25, 0.3) is 0 Å². The molecule has 0 unspecified atom stereocenters. The number of H-pyrrole nitrogens is 1. The maximum absolute atomic E-state index is 12.1. The Labute approximate surface area is 124 Å². The number of rotatable bonds is 5. The van der Waals surface area contributed by atoms with Crippen molar-refractivity contribution in [2.75, 3.05) is 11.9 Å². The molecule has 2 rings (SSSR count). The van der Waals surface area contributed by atoms with Gasteiger partial charge in [0.2, 0.25) is 0 Å². The number of ether oxygens (including phenoxy) is 1. The first-order valence-corrected chi connectivity index (χ1v) is 6.29. The minimum absolute atomic E-state index is 0.0789. The van der Waals surface area contributed by atoms with Crippen molar-refractivity contribution < 1.29 is 19.2 Å². The number of non-ortho nitro benzene ring substituents is 1. The normalized spacial score (nSPS) is 10.0. The molecule has 1 aromatic heterocycles. The number of carbonyl (C=O) groups excluding carboxylic acids is 2. The lowest BCUT2D eigenvalue weighted by atomic mass is 10.2. The molecule has 0 aliphatic heterocycles. The van der Waals surface area contributed by atoms with Crippen LogP contribution in [0.4, 0.5) is 11.4 Å². The largest absolute Gasteiger partial charge is 0.461 e. The van der Waals surface area contributed by atoms with E-state index in [-0.39, 0.29) is 29.4 Å². The van der Waals surface area contributed by atoms with E-state index in [0.29, 0.717) is 0 Å². The fourth-order valence-electron chi connectivity index (χ4n) is 1.71. The van der Waals surface area contributed by atoms with Crippen LogP contribution in [0.15, 0.2) is 30.6 Å². The van der Waals surface area contributed by atoms with E-state index in [2.05, 4.69) is 15.3 Å². The molecular formula is C13H12N4O5. The predicted octanol–water partition coefficient (Wildman–Crippen LogP) is 1.75. The summed E-state index contributed by atoms with van der Waals surface area (Å²) in [6.07, 6.45) is 1.19. The van der Waals surface area contributed by atoms with Gasteiger partial charge in [0.15, 0.2) is 11.4 Å². The summed E-state index contributed by atoms with van der Waals surface area (Å²) in [5.41, 5.74) is -0.169. The van der Waals surface area contributed by atoms with Gasteiger partial charge in [-0.3, -0.25) is 14.9 Å². The number of hydrogen-bond acceptors (Lipinski definition) is 6. The smallest absolute Gasteiger partial charge is 0.357 e. The molecular weight excluding hydrogens is 292 g/mol. The van der Waals surface area contributed by atoms with Gasteiger partial charge in [0, 0.05) is 17.8 Å². The fourth-order valence-corrected chi connectivity index (χ4v) is 1.71. The lowest BCUT2D eigenvalue weighted by molar-refractivity contribution is -0.384. The van der Waals surface area contributed by atoms with Gasteiger partial charge in [-0.1, -0.05) is 6.07 Å². The SMILES string of the molecule is CCOC(=O)c1[nH]cnc1C(=O)Nc1cccc([N+](=O)[O-])c1. The molecule has 0 spiro atoms. The van der Waals surface area contributed by atoms with E-state index in [4.69, 9.17) is 4.74 Å². The van der Waals surface area contributed by atoms with E-state index in [0.717, 1.165) is 0 Å². The van der Waals surface area contributed by atoms with Crippen molar-refractivity contribution in [3.63, 3.8) is 0 Å². The highest BCUT2D eigenvalue weighted by Gasteiger charge is 2.21. The molecule has 9 nitrogen and oxygen atoms in total. The fraction of sp³-hybridized carbons (Fsp3) is 0.154. The Morgan fingerprint density at radius 3 is 2.91 bits per heavy atom. The van der Waals surface area contributed by atoms with Crippen molar-refractivity contribution in [1.82, 2.24) is 9.97 Å². The van der Waals surface area contributed by atoms with Gasteiger partial charge in [-0.15, -0.1) is 0 Å². The topological polar surface area (TPSA) is 127 Å². The Balaban J connectivity index is 2.20. The first kappa shape index (κ1) is 15.2. The molecule has 0 aliphatic rings. The van der Waals surface area contributed by atoms with Crippen LogP contribution in [0.2, 0.25) is 0 Å². The maximum Gasteiger partial charge on any atom is 0.357 e. The number of nitro groups is 1. The van der Waals surface area contributed by atoms with Crippen molar-refractivity contribution in [3.05, 3.63) is 52.1 Å². The average Bonchev–Trinajstić information content (AvgIpc) is 2.97. The third-order valence-corrected chi connectivity index (χ3v) is 2.65. The van der Waals surface area contributed by atoms with E-state index in [1.807, 2.05) is 0 Å². The number of benzene rings is 1. The Morgan fingerprint density at radius 2 is 2.23 bits per heavy atom. The minimum Gasteiger partial charge on any atom is -0.461 e. The molecule has 2 N–H and O–H groups in total. The first-order valence-electron chi connectivity index (χ1n) is 6.29. The molecule has 0 saturated carbocycles. The van der Waals surface area contributed by atoms with Gasteiger partial charge in [0.05, 0.1) is 17.9 Å². The Bertz CT molecular complexity index is 725. The lowest BCUT2D eigenvalue weighted by Gasteiger charge is -2.05. The second-order valence-electron chi connectivity index (χ2n) is 4.11. The molecule has 0 bridgehead atoms. The van der Waals surface area contributed by atoms with Crippen molar-refractivity contribution >= 4 is 23.3 Å². The highest BCUT2D eigenvalue weighted by atomic mass is 16.6. The summed E-state index contributed by atoms with van der Waals surface area (Å²) in [5, 5.41) is 13.1. The number of aromatic amines is 1. The van der Waals surface area contributed by atoms with Crippen LogP contribution in [0.1, 0.15) is 27.9 Å². The zero-order valence-electron chi connectivity index (χ0n) is 11.5. The summed E-state index contributed by atoms with van der Waals surface area (Å²) in [6, 6.07) is 5.43. The number of esters is 1. The Kier molecular flexibility index (Phi) is 4.47. The van der Waals surface area contributed by atoms with Crippen molar-refractivity contribution in [1.29, 1.82) is 0 Å². The van der Waals surface area contributed by atoms with Gasteiger partial charge in [-0.05, 0) is 13.0 Å².